The van der Waals surface area contributed by atoms with Gasteiger partial charge in [0.2, 0.25) is 0 Å². The average Bonchev–Trinajstić information content (AvgIpc) is 2.75. The van der Waals surface area contributed by atoms with Crippen LogP contribution in [-0.2, 0) is 0 Å². The first kappa shape index (κ1) is 9.43. The third kappa shape index (κ3) is 1.39. The van der Waals surface area contributed by atoms with E-state index in [1.54, 1.807) is 6.20 Å². The molecule has 0 aliphatic heterocycles. The number of aromatic nitrogens is 2. The fourth-order valence-electron chi connectivity index (χ4n) is 1.85. The van der Waals surface area contributed by atoms with Crippen molar-refractivity contribution in [3.05, 3.63) is 60.0 Å². The Hall–Kier alpha value is -1.80. The number of hydrogen-bond acceptors (Lipinski definition) is 1. The van der Waals surface area contributed by atoms with Gasteiger partial charge in [0.1, 0.15) is 0 Å². The standard InChI is InChI=1S/C13H9ClN2/c14-13-12-10(6-8-15-13)7-9-16(12)11-4-2-1-3-5-11/h1-9H. The van der Waals surface area contributed by atoms with Crippen molar-refractivity contribution >= 4 is 22.5 Å². The zero-order valence-electron chi connectivity index (χ0n) is 8.47. The van der Waals surface area contributed by atoms with Crippen molar-refractivity contribution < 1.29 is 0 Å². The van der Waals surface area contributed by atoms with Crippen molar-refractivity contribution in [2.75, 3.05) is 0 Å². The summed E-state index contributed by atoms with van der Waals surface area (Å²) in [7, 11) is 0. The Bertz CT molecular complexity index is 629. The van der Waals surface area contributed by atoms with E-state index in [9.17, 15) is 0 Å². The number of nitrogens with zero attached hydrogens (tertiary/aromatic N) is 2. The largest absolute Gasteiger partial charge is 0.314 e. The van der Waals surface area contributed by atoms with Gasteiger partial charge >= 0.3 is 0 Å². The maximum atomic E-state index is 6.12. The lowest BCUT2D eigenvalue weighted by atomic mass is 10.3. The average molecular weight is 229 g/mol. The van der Waals surface area contributed by atoms with Crippen LogP contribution in [0.2, 0.25) is 5.15 Å². The van der Waals surface area contributed by atoms with Crippen LogP contribution in [-0.4, -0.2) is 9.55 Å². The van der Waals surface area contributed by atoms with Crippen LogP contribution in [0.3, 0.4) is 0 Å². The molecule has 0 fully saturated rings. The monoisotopic (exact) mass is 228 g/mol. The number of halogens is 1. The molecular weight excluding hydrogens is 220 g/mol. The molecule has 2 heterocycles. The van der Waals surface area contributed by atoms with Crippen LogP contribution in [0.1, 0.15) is 0 Å². The van der Waals surface area contributed by atoms with Crippen molar-refractivity contribution in [1.82, 2.24) is 9.55 Å². The highest BCUT2D eigenvalue weighted by atomic mass is 35.5. The van der Waals surface area contributed by atoms with Gasteiger partial charge in [-0.3, -0.25) is 0 Å². The van der Waals surface area contributed by atoms with Crippen molar-refractivity contribution in [3.8, 4) is 5.69 Å². The molecule has 0 radical (unpaired) electrons. The number of hydrogen-bond donors (Lipinski definition) is 0. The molecule has 0 amide bonds. The summed E-state index contributed by atoms with van der Waals surface area (Å²) in [5.74, 6) is 0. The van der Waals surface area contributed by atoms with Gasteiger partial charge < -0.3 is 4.57 Å². The molecule has 1 aromatic carbocycles. The van der Waals surface area contributed by atoms with Gasteiger partial charge in [0.25, 0.3) is 0 Å². The number of rotatable bonds is 1. The van der Waals surface area contributed by atoms with E-state index in [1.165, 1.54) is 0 Å². The van der Waals surface area contributed by atoms with Crippen LogP contribution in [0.15, 0.2) is 54.9 Å². The van der Waals surface area contributed by atoms with Crippen LogP contribution >= 0.6 is 11.6 Å². The topological polar surface area (TPSA) is 17.8 Å². The molecule has 0 spiro atoms. The fourth-order valence-corrected chi connectivity index (χ4v) is 2.10. The first-order valence-corrected chi connectivity index (χ1v) is 5.41. The molecule has 0 aliphatic rings. The molecule has 0 aliphatic carbocycles. The molecule has 78 valence electrons. The molecular formula is C13H9ClN2. The molecule has 0 saturated carbocycles. The Kier molecular flexibility index (Phi) is 2.15. The van der Waals surface area contributed by atoms with Gasteiger partial charge in [-0.05, 0) is 24.3 Å². The number of pyridine rings is 1. The predicted octanol–water partition coefficient (Wildman–Crippen LogP) is 3.68. The maximum absolute atomic E-state index is 6.12. The number of fused-ring (bicyclic) bond motifs is 1. The fraction of sp³-hybridized carbons (Fsp3) is 0. The minimum atomic E-state index is 0.534. The lowest BCUT2D eigenvalue weighted by molar-refractivity contribution is 1.12. The molecule has 3 rings (SSSR count). The maximum Gasteiger partial charge on any atom is 0.153 e. The molecule has 2 nitrogen and oxygen atoms in total. The summed E-state index contributed by atoms with van der Waals surface area (Å²) in [6, 6.07) is 14.1. The number of para-hydroxylation sites is 1. The Morgan fingerprint density at radius 2 is 1.81 bits per heavy atom. The Balaban J connectivity index is 2.33. The van der Waals surface area contributed by atoms with Gasteiger partial charge in [-0.1, -0.05) is 29.8 Å². The van der Waals surface area contributed by atoms with Crippen LogP contribution in [0.4, 0.5) is 0 Å². The predicted molar refractivity (Wildman–Crippen MR) is 66.1 cm³/mol. The first-order valence-electron chi connectivity index (χ1n) is 5.03. The zero-order valence-corrected chi connectivity index (χ0v) is 9.22. The summed E-state index contributed by atoms with van der Waals surface area (Å²) < 4.78 is 2.05. The molecule has 3 aromatic rings. The van der Waals surface area contributed by atoms with E-state index in [-0.39, 0.29) is 0 Å². The quantitative estimate of drug-likeness (QED) is 0.581. The van der Waals surface area contributed by atoms with Crippen molar-refractivity contribution in [1.29, 1.82) is 0 Å². The Labute approximate surface area is 98.1 Å². The normalized spacial score (nSPS) is 10.8. The highest BCUT2D eigenvalue weighted by Gasteiger charge is 2.06. The van der Waals surface area contributed by atoms with Crippen LogP contribution in [0, 0.1) is 0 Å². The smallest absolute Gasteiger partial charge is 0.153 e. The summed E-state index contributed by atoms with van der Waals surface area (Å²) in [5, 5.41) is 1.63. The third-order valence-electron chi connectivity index (χ3n) is 2.59. The van der Waals surface area contributed by atoms with E-state index in [4.69, 9.17) is 11.6 Å². The highest BCUT2D eigenvalue weighted by Crippen LogP contribution is 2.25. The molecule has 16 heavy (non-hydrogen) atoms. The minimum absolute atomic E-state index is 0.534. The second-order valence-corrected chi connectivity index (χ2v) is 3.92. The Morgan fingerprint density at radius 1 is 1.00 bits per heavy atom. The molecule has 3 heteroatoms. The van der Waals surface area contributed by atoms with E-state index < -0.39 is 0 Å². The van der Waals surface area contributed by atoms with Gasteiger partial charge in [0.15, 0.2) is 5.15 Å². The third-order valence-corrected chi connectivity index (χ3v) is 2.87. The number of benzene rings is 1. The van der Waals surface area contributed by atoms with Crippen molar-refractivity contribution in [3.63, 3.8) is 0 Å². The summed E-state index contributed by atoms with van der Waals surface area (Å²) in [6.07, 6.45) is 3.73. The molecule has 0 saturated heterocycles. The minimum Gasteiger partial charge on any atom is -0.314 e. The van der Waals surface area contributed by atoms with E-state index in [2.05, 4.69) is 4.98 Å². The lowest BCUT2D eigenvalue weighted by Gasteiger charge is -2.05. The lowest BCUT2D eigenvalue weighted by Crippen LogP contribution is -1.92. The summed E-state index contributed by atoms with van der Waals surface area (Å²) in [6.45, 7) is 0. The highest BCUT2D eigenvalue weighted by molar-refractivity contribution is 6.33. The van der Waals surface area contributed by atoms with Gasteiger partial charge in [0.05, 0.1) is 5.52 Å². The van der Waals surface area contributed by atoms with Gasteiger partial charge in [-0.2, -0.15) is 0 Å². The van der Waals surface area contributed by atoms with Gasteiger partial charge in [-0.15, -0.1) is 0 Å². The Morgan fingerprint density at radius 3 is 2.62 bits per heavy atom. The van der Waals surface area contributed by atoms with Gasteiger partial charge in [0, 0.05) is 23.5 Å². The van der Waals surface area contributed by atoms with Crippen LogP contribution < -0.4 is 0 Å². The molecule has 2 aromatic heterocycles. The van der Waals surface area contributed by atoms with E-state index in [0.29, 0.717) is 5.15 Å². The van der Waals surface area contributed by atoms with Crippen LogP contribution in [0.25, 0.3) is 16.6 Å². The van der Waals surface area contributed by atoms with E-state index in [1.807, 2.05) is 53.2 Å². The van der Waals surface area contributed by atoms with Crippen molar-refractivity contribution in [2.45, 2.75) is 0 Å². The first-order chi connectivity index (χ1) is 7.86. The summed E-state index contributed by atoms with van der Waals surface area (Å²) in [5.41, 5.74) is 2.04. The summed E-state index contributed by atoms with van der Waals surface area (Å²) >= 11 is 6.12. The summed E-state index contributed by atoms with van der Waals surface area (Å²) in [4.78, 5) is 4.11. The van der Waals surface area contributed by atoms with Crippen molar-refractivity contribution in [2.24, 2.45) is 0 Å². The van der Waals surface area contributed by atoms with E-state index in [0.717, 1.165) is 16.6 Å². The second kappa shape index (κ2) is 3.65. The molecule has 0 unspecified atom stereocenters. The van der Waals surface area contributed by atoms with Crippen LogP contribution in [0.5, 0.6) is 0 Å². The van der Waals surface area contributed by atoms with Gasteiger partial charge in [-0.25, -0.2) is 4.98 Å². The zero-order chi connectivity index (χ0) is 11.0. The van der Waals surface area contributed by atoms with E-state index >= 15 is 0 Å². The molecule has 0 bridgehead atoms. The SMILES string of the molecule is Clc1nccc2ccn(-c3ccccc3)c12. The molecule has 0 atom stereocenters. The second-order valence-electron chi connectivity index (χ2n) is 3.56. The molecule has 0 N–H and O–H groups in total.